The first-order valence-electron chi connectivity index (χ1n) is 6.19. The monoisotopic (exact) mass is 252 g/mol. The van der Waals surface area contributed by atoms with Crippen LogP contribution in [0.2, 0.25) is 0 Å². The van der Waals surface area contributed by atoms with E-state index in [1.54, 1.807) is 12.1 Å². The second-order valence-electron chi connectivity index (χ2n) is 5.55. The normalized spacial score (nSPS) is 13.4. The van der Waals surface area contributed by atoms with Crippen LogP contribution in [0.15, 0.2) is 18.2 Å². The van der Waals surface area contributed by atoms with Crippen LogP contribution in [0.3, 0.4) is 0 Å². The van der Waals surface area contributed by atoms with E-state index in [9.17, 15) is 9.18 Å². The van der Waals surface area contributed by atoms with Gasteiger partial charge in [0.1, 0.15) is 11.9 Å². The molecule has 0 N–H and O–H groups in total. The van der Waals surface area contributed by atoms with E-state index < -0.39 is 11.9 Å². The maximum Gasteiger partial charge on any atom is 0.195 e. The molecule has 3 heteroatoms. The summed E-state index contributed by atoms with van der Waals surface area (Å²) in [4.78, 5) is 12.4. The number of hydrogen-bond donors (Lipinski definition) is 0. The van der Waals surface area contributed by atoms with E-state index in [-0.39, 0.29) is 16.8 Å². The van der Waals surface area contributed by atoms with E-state index in [0.29, 0.717) is 6.61 Å². The number of ketones is 1. The molecule has 2 nitrogen and oxygen atoms in total. The Kier molecular flexibility index (Phi) is 4.63. The number of halogens is 1. The van der Waals surface area contributed by atoms with Crippen LogP contribution in [-0.2, 0) is 4.74 Å². The summed E-state index contributed by atoms with van der Waals surface area (Å²) in [6.07, 6.45) is -0.626. The number of rotatable bonds is 4. The lowest BCUT2D eigenvalue weighted by atomic mass is 9.84. The van der Waals surface area contributed by atoms with Crippen molar-refractivity contribution in [3.63, 3.8) is 0 Å². The van der Waals surface area contributed by atoms with Gasteiger partial charge in [-0.25, -0.2) is 4.39 Å². The molecule has 0 spiro atoms. The standard InChI is InChI=1S/C15H21FO2/c1-6-18-14(15(3,4)5)13(17)11-9-10(2)7-8-12(11)16/h7-9,14H,6H2,1-5H3. The number of Topliss-reactive ketones (excluding diaryl/α,β-unsaturated/α-hetero) is 1. The van der Waals surface area contributed by atoms with Crippen LogP contribution in [0.25, 0.3) is 0 Å². The molecular formula is C15H21FO2. The fourth-order valence-electron chi connectivity index (χ4n) is 1.85. The second-order valence-corrected chi connectivity index (χ2v) is 5.55. The minimum Gasteiger partial charge on any atom is -0.370 e. The van der Waals surface area contributed by atoms with Crippen molar-refractivity contribution in [3.05, 3.63) is 35.1 Å². The Hall–Kier alpha value is -1.22. The summed E-state index contributed by atoms with van der Waals surface area (Å²) in [6, 6.07) is 4.56. The maximum atomic E-state index is 13.7. The molecule has 0 aromatic heterocycles. The molecule has 0 saturated carbocycles. The van der Waals surface area contributed by atoms with Crippen molar-refractivity contribution in [1.29, 1.82) is 0 Å². The van der Waals surface area contributed by atoms with Gasteiger partial charge in [-0.3, -0.25) is 4.79 Å². The van der Waals surface area contributed by atoms with Crippen molar-refractivity contribution in [2.75, 3.05) is 6.61 Å². The number of benzene rings is 1. The summed E-state index contributed by atoms with van der Waals surface area (Å²) in [5.41, 5.74) is 0.621. The van der Waals surface area contributed by atoms with Gasteiger partial charge in [0.25, 0.3) is 0 Å². The number of aryl methyl sites for hydroxylation is 1. The molecule has 0 aliphatic heterocycles. The number of carbonyl (C=O) groups excluding carboxylic acids is 1. The van der Waals surface area contributed by atoms with E-state index >= 15 is 0 Å². The average molecular weight is 252 g/mol. The van der Waals surface area contributed by atoms with Crippen molar-refractivity contribution in [3.8, 4) is 0 Å². The quantitative estimate of drug-likeness (QED) is 0.762. The van der Waals surface area contributed by atoms with Crippen LogP contribution in [0.1, 0.15) is 43.6 Å². The highest BCUT2D eigenvalue weighted by molar-refractivity contribution is 6.00. The van der Waals surface area contributed by atoms with Gasteiger partial charge in [-0.15, -0.1) is 0 Å². The first-order chi connectivity index (χ1) is 8.27. The Morgan fingerprint density at radius 2 is 2.00 bits per heavy atom. The Balaban J connectivity index is 3.13. The third-order valence-electron chi connectivity index (χ3n) is 2.75. The molecule has 1 atom stereocenters. The molecule has 0 fully saturated rings. The number of ether oxygens (including phenoxy) is 1. The molecule has 1 aromatic carbocycles. The Morgan fingerprint density at radius 1 is 1.39 bits per heavy atom. The van der Waals surface area contributed by atoms with Gasteiger partial charge in [0.05, 0.1) is 5.56 Å². The van der Waals surface area contributed by atoms with E-state index in [4.69, 9.17) is 4.74 Å². The van der Waals surface area contributed by atoms with Crippen LogP contribution >= 0.6 is 0 Å². The first kappa shape index (κ1) is 14.8. The zero-order valence-corrected chi connectivity index (χ0v) is 11.7. The SMILES string of the molecule is CCOC(C(=O)c1cc(C)ccc1F)C(C)(C)C. The van der Waals surface area contributed by atoms with Gasteiger partial charge in [0, 0.05) is 6.61 Å². The van der Waals surface area contributed by atoms with E-state index in [2.05, 4.69) is 0 Å². The summed E-state index contributed by atoms with van der Waals surface area (Å²) in [5.74, 6) is -0.773. The van der Waals surface area contributed by atoms with Crippen molar-refractivity contribution in [1.82, 2.24) is 0 Å². The largest absolute Gasteiger partial charge is 0.370 e. The fraction of sp³-hybridized carbons (Fsp3) is 0.533. The minimum atomic E-state index is -0.626. The summed E-state index contributed by atoms with van der Waals surface area (Å²) >= 11 is 0. The third kappa shape index (κ3) is 3.39. The van der Waals surface area contributed by atoms with Crippen molar-refractivity contribution < 1.29 is 13.9 Å². The summed E-state index contributed by atoms with van der Waals surface area (Å²) in [5, 5.41) is 0. The van der Waals surface area contributed by atoms with Gasteiger partial charge in [-0.2, -0.15) is 0 Å². The van der Waals surface area contributed by atoms with Crippen molar-refractivity contribution in [2.45, 2.75) is 40.7 Å². The smallest absolute Gasteiger partial charge is 0.195 e. The third-order valence-corrected chi connectivity index (χ3v) is 2.75. The molecule has 0 bridgehead atoms. The highest BCUT2D eigenvalue weighted by Crippen LogP contribution is 2.26. The molecule has 18 heavy (non-hydrogen) atoms. The Labute approximate surface area is 108 Å². The highest BCUT2D eigenvalue weighted by atomic mass is 19.1. The zero-order valence-electron chi connectivity index (χ0n) is 11.7. The molecule has 1 aromatic rings. The van der Waals surface area contributed by atoms with E-state index in [1.165, 1.54) is 6.07 Å². The zero-order chi connectivity index (χ0) is 13.9. The highest BCUT2D eigenvalue weighted by Gasteiger charge is 2.33. The van der Waals surface area contributed by atoms with Crippen molar-refractivity contribution in [2.24, 2.45) is 5.41 Å². The van der Waals surface area contributed by atoms with Crippen LogP contribution < -0.4 is 0 Å². The second kappa shape index (κ2) is 5.61. The predicted molar refractivity (Wildman–Crippen MR) is 70.3 cm³/mol. The van der Waals surface area contributed by atoms with Crippen LogP contribution in [0.4, 0.5) is 4.39 Å². The van der Waals surface area contributed by atoms with E-state index in [0.717, 1.165) is 5.56 Å². The molecule has 0 saturated heterocycles. The van der Waals surface area contributed by atoms with Gasteiger partial charge < -0.3 is 4.74 Å². The Bertz CT molecular complexity index is 433. The molecule has 0 aliphatic carbocycles. The average Bonchev–Trinajstić information content (AvgIpc) is 2.27. The van der Waals surface area contributed by atoms with Crippen LogP contribution in [0, 0.1) is 18.2 Å². The van der Waals surface area contributed by atoms with Gasteiger partial charge >= 0.3 is 0 Å². The maximum absolute atomic E-state index is 13.7. The van der Waals surface area contributed by atoms with Crippen LogP contribution in [-0.4, -0.2) is 18.5 Å². The molecular weight excluding hydrogens is 231 g/mol. The van der Waals surface area contributed by atoms with Crippen molar-refractivity contribution >= 4 is 5.78 Å². The summed E-state index contributed by atoms with van der Waals surface area (Å²) in [7, 11) is 0. The lowest BCUT2D eigenvalue weighted by Crippen LogP contribution is -2.37. The van der Waals surface area contributed by atoms with Crippen LogP contribution in [0.5, 0.6) is 0 Å². The summed E-state index contributed by atoms with van der Waals surface area (Å²) in [6.45, 7) is 9.85. The molecule has 0 radical (unpaired) electrons. The molecule has 0 aliphatic rings. The van der Waals surface area contributed by atoms with E-state index in [1.807, 2.05) is 34.6 Å². The predicted octanol–water partition coefficient (Wildman–Crippen LogP) is 3.77. The van der Waals surface area contributed by atoms with Gasteiger partial charge in [0.2, 0.25) is 0 Å². The first-order valence-corrected chi connectivity index (χ1v) is 6.19. The minimum absolute atomic E-state index is 0.114. The van der Waals surface area contributed by atoms with Gasteiger partial charge in [0.15, 0.2) is 5.78 Å². The lowest BCUT2D eigenvalue weighted by Gasteiger charge is -2.29. The molecule has 0 amide bonds. The van der Waals surface area contributed by atoms with Gasteiger partial charge in [-0.05, 0) is 31.4 Å². The fourth-order valence-corrected chi connectivity index (χ4v) is 1.85. The molecule has 100 valence electrons. The topological polar surface area (TPSA) is 26.3 Å². The molecule has 0 heterocycles. The molecule has 1 rings (SSSR count). The Morgan fingerprint density at radius 3 is 2.50 bits per heavy atom. The number of carbonyl (C=O) groups is 1. The number of hydrogen-bond acceptors (Lipinski definition) is 2. The molecule has 1 unspecified atom stereocenters. The summed E-state index contributed by atoms with van der Waals surface area (Å²) < 4.78 is 19.2. The van der Waals surface area contributed by atoms with Gasteiger partial charge in [-0.1, -0.05) is 32.4 Å². The lowest BCUT2D eigenvalue weighted by molar-refractivity contribution is -0.000487.